The fraction of sp³-hybridized carbons (Fsp3) is 0.286. The smallest absolute Gasteiger partial charge is 0.331 e. The van der Waals surface area contributed by atoms with Crippen molar-refractivity contribution in [1.29, 1.82) is 0 Å². The zero-order chi connectivity index (χ0) is 32.3. The molecule has 0 bridgehead atoms. The summed E-state index contributed by atoms with van der Waals surface area (Å²) < 4.78 is 23.6. The molecule has 0 aliphatic carbocycles. The molecule has 4 rings (SSSR count). The van der Waals surface area contributed by atoms with E-state index in [9.17, 15) is 14.4 Å². The Morgan fingerprint density at radius 1 is 0.867 bits per heavy atom. The van der Waals surface area contributed by atoms with E-state index in [1.165, 1.54) is 6.08 Å². The van der Waals surface area contributed by atoms with Crippen LogP contribution in [-0.2, 0) is 29.2 Å². The number of urea groups is 1. The van der Waals surface area contributed by atoms with Crippen LogP contribution in [0.5, 0.6) is 23.0 Å². The summed E-state index contributed by atoms with van der Waals surface area (Å²) in [6.07, 6.45) is 4.42. The number of nitrogens with zero attached hydrogens (tertiary/aromatic N) is 1. The molecule has 10 heteroatoms. The van der Waals surface area contributed by atoms with Gasteiger partial charge >= 0.3 is 6.03 Å². The molecule has 236 valence electrons. The van der Waals surface area contributed by atoms with E-state index in [4.69, 9.17) is 30.5 Å². The number of hydrogen-bond donors (Lipinski definition) is 1. The van der Waals surface area contributed by atoms with Crippen molar-refractivity contribution in [3.63, 3.8) is 0 Å². The average molecular weight is 633 g/mol. The zero-order valence-corrected chi connectivity index (χ0v) is 26.4. The molecule has 0 aromatic heterocycles. The molecule has 1 aliphatic rings. The Morgan fingerprint density at radius 3 is 2.33 bits per heavy atom. The second kappa shape index (κ2) is 15.8. The van der Waals surface area contributed by atoms with Crippen molar-refractivity contribution in [2.24, 2.45) is 0 Å². The van der Waals surface area contributed by atoms with Gasteiger partial charge in [0.15, 0.2) is 23.0 Å². The fourth-order valence-electron chi connectivity index (χ4n) is 4.70. The van der Waals surface area contributed by atoms with Crippen molar-refractivity contribution in [2.45, 2.75) is 46.8 Å². The van der Waals surface area contributed by atoms with Crippen molar-refractivity contribution in [3.05, 3.63) is 100 Å². The molecule has 3 aromatic carbocycles. The van der Waals surface area contributed by atoms with E-state index >= 15 is 0 Å². The van der Waals surface area contributed by atoms with E-state index in [0.29, 0.717) is 65.4 Å². The maximum absolute atomic E-state index is 13.6. The first-order chi connectivity index (χ1) is 21.8. The highest BCUT2D eigenvalue weighted by molar-refractivity contribution is 6.31. The Bertz CT molecular complexity index is 1600. The Kier molecular flexibility index (Phi) is 11.6. The van der Waals surface area contributed by atoms with Crippen LogP contribution in [0.15, 0.2) is 72.8 Å². The standard InChI is InChI=1S/C35H37ClN2O7/c1-5-11-25-17-24(20-31(43-8-4)32(25)45-22-26-12-9-10-13-28(26)36)18-27-33(39)37-35(41)38(34(27)40)21-23-14-15-29(44-16-6-2)30(19-23)42-7-3/h5,9-10,12-15,17-20H,1,6-8,11,16,21-22H2,2-4H3,(H,37,39,41)/b27-18+. The Labute approximate surface area is 268 Å². The number of carbonyl (C=O) groups is 3. The molecule has 0 spiro atoms. The first-order valence-corrected chi connectivity index (χ1v) is 15.2. The van der Waals surface area contributed by atoms with Crippen molar-refractivity contribution in [3.8, 4) is 23.0 Å². The van der Waals surface area contributed by atoms with Crippen LogP contribution >= 0.6 is 11.6 Å². The molecule has 0 atom stereocenters. The van der Waals surface area contributed by atoms with Gasteiger partial charge in [0.1, 0.15) is 12.2 Å². The van der Waals surface area contributed by atoms with Crippen LogP contribution in [0.4, 0.5) is 4.79 Å². The van der Waals surface area contributed by atoms with Gasteiger partial charge in [0.25, 0.3) is 11.8 Å². The maximum Gasteiger partial charge on any atom is 0.331 e. The van der Waals surface area contributed by atoms with Crippen molar-refractivity contribution < 1.29 is 33.3 Å². The Morgan fingerprint density at radius 2 is 1.62 bits per heavy atom. The van der Waals surface area contributed by atoms with E-state index in [1.807, 2.05) is 39.0 Å². The number of benzene rings is 3. The number of barbiturate groups is 1. The molecule has 0 saturated carbocycles. The molecule has 1 N–H and O–H groups in total. The van der Waals surface area contributed by atoms with Crippen molar-refractivity contribution >= 4 is 35.5 Å². The maximum atomic E-state index is 13.6. The van der Waals surface area contributed by atoms with E-state index in [1.54, 1.807) is 42.5 Å². The fourth-order valence-corrected chi connectivity index (χ4v) is 4.89. The van der Waals surface area contributed by atoms with Crippen LogP contribution in [0.3, 0.4) is 0 Å². The van der Waals surface area contributed by atoms with E-state index in [-0.39, 0.29) is 18.7 Å². The minimum atomic E-state index is -0.808. The largest absolute Gasteiger partial charge is 0.490 e. The molecule has 45 heavy (non-hydrogen) atoms. The molecule has 9 nitrogen and oxygen atoms in total. The van der Waals surface area contributed by atoms with Gasteiger partial charge in [0.2, 0.25) is 0 Å². The molecular formula is C35H37ClN2O7. The minimum Gasteiger partial charge on any atom is -0.490 e. The number of carbonyl (C=O) groups excluding carboxylic acids is 3. The topological polar surface area (TPSA) is 103 Å². The van der Waals surface area contributed by atoms with Gasteiger partial charge in [0, 0.05) is 16.1 Å². The number of rotatable bonds is 15. The van der Waals surface area contributed by atoms with Gasteiger partial charge in [-0.1, -0.05) is 48.9 Å². The molecule has 0 unspecified atom stereocenters. The zero-order valence-electron chi connectivity index (χ0n) is 25.7. The second-order valence-electron chi connectivity index (χ2n) is 10.1. The van der Waals surface area contributed by atoms with Crippen molar-refractivity contribution in [1.82, 2.24) is 10.2 Å². The average Bonchev–Trinajstić information content (AvgIpc) is 3.02. The molecule has 0 radical (unpaired) electrons. The van der Waals surface area contributed by atoms with Gasteiger partial charge in [-0.3, -0.25) is 19.8 Å². The van der Waals surface area contributed by atoms with Crippen LogP contribution in [-0.4, -0.2) is 42.6 Å². The van der Waals surface area contributed by atoms with Crippen LogP contribution in [0.1, 0.15) is 49.4 Å². The third-order valence-corrected chi connectivity index (χ3v) is 7.12. The predicted octanol–water partition coefficient (Wildman–Crippen LogP) is 6.90. The molecular weight excluding hydrogens is 596 g/mol. The highest BCUT2D eigenvalue weighted by atomic mass is 35.5. The van der Waals surface area contributed by atoms with Gasteiger partial charge in [-0.25, -0.2) is 4.79 Å². The highest BCUT2D eigenvalue weighted by Crippen LogP contribution is 2.36. The summed E-state index contributed by atoms with van der Waals surface area (Å²) in [6, 6.07) is 15.3. The number of nitrogens with one attached hydrogen (secondary N) is 1. The molecule has 1 saturated heterocycles. The molecule has 1 heterocycles. The molecule has 3 aromatic rings. The van der Waals surface area contributed by atoms with Crippen molar-refractivity contribution in [2.75, 3.05) is 19.8 Å². The van der Waals surface area contributed by atoms with Crippen LogP contribution in [0, 0.1) is 0 Å². The van der Waals surface area contributed by atoms with Gasteiger partial charge in [-0.05, 0) is 74.2 Å². The summed E-state index contributed by atoms with van der Waals surface area (Å²) in [6.45, 7) is 11.0. The number of imide groups is 2. The van der Waals surface area contributed by atoms with Crippen LogP contribution < -0.4 is 24.3 Å². The van der Waals surface area contributed by atoms with Crippen LogP contribution in [0.25, 0.3) is 6.08 Å². The number of ether oxygens (including phenoxy) is 4. The summed E-state index contributed by atoms with van der Waals surface area (Å²) in [5.41, 5.74) is 2.50. The van der Waals surface area contributed by atoms with Gasteiger partial charge < -0.3 is 18.9 Å². The third-order valence-electron chi connectivity index (χ3n) is 6.76. The summed E-state index contributed by atoms with van der Waals surface area (Å²) in [7, 11) is 0. The lowest BCUT2D eigenvalue weighted by molar-refractivity contribution is -0.130. The summed E-state index contributed by atoms with van der Waals surface area (Å²) in [4.78, 5) is 40.3. The Balaban J connectivity index is 1.65. The first-order valence-electron chi connectivity index (χ1n) is 14.8. The summed E-state index contributed by atoms with van der Waals surface area (Å²) in [5, 5.41) is 2.86. The normalized spacial score (nSPS) is 13.9. The third kappa shape index (κ3) is 8.25. The second-order valence-corrected chi connectivity index (χ2v) is 10.5. The lowest BCUT2D eigenvalue weighted by Gasteiger charge is -2.27. The number of amides is 4. The minimum absolute atomic E-state index is 0.0792. The number of halogens is 1. The van der Waals surface area contributed by atoms with E-state index in [0.717, 1.165) is 22.4 Å². The van der Waals surface area contributed by atoms with Gasteiger partial charge in [-0.15, -0.1) is 6.58 Å². The highest BCUT2D eigenvalue weighted by Gasteiger charge is 2.36. The lowest BCUT2D eigenvalue weighted by atomic mass is 10.0. The first kappa shape index (κ1) is 33.1. The molecule has 4 amide bonds. The monoisotopic (exact) mass is 632 g/mol. The van der Waals surface area contributed by atoms with E-state index in [2.05, 4.69) is 11.9 Å². The number of hydrogen-bond acceptors (Lipinski definition) is 7. The predicted molar refractivity (Wildman–Crippen MR) is 173 cm³/mol. The summed E-state index contributed by atoms with van der Waals surface area (Å²) in [5.74, 6) is 0.507. The molecule has 1 fully saturated rings. The summed E-state index contributed by atoms with van der Waals surface area (Å²) >= 11 is 6.33. The quantitative estimate of drug-likeness (QED) is 0.110. The van der Waals surface area contributed by atoms with Crippen LogP contribution in [0.2, 0.25) is 5.02 Å². The number of allylic oxidation sites excluding steroid dienone is 1. The van der Waals surface area contributed by atoms with Gasteiger partial charge in [0.05, 0.1) is 26.4 Å². The lowest BCUT2D eigenvalue weighted by Crippen LogP contribution is -2.53. The SMILES string of the molecule is C=CCc1cc(/C=C2\C(=O)NC(=O)N(Cc3ccc(OCCC)c(OCC)c3)C2=O)cc(OCC)c1OCc1ccccc1Cl. The Hall–Kier alpha value is -4.76. The van der Waals surface area contributed by atoms with Gasteiger partial charge in [-0.2, -0.15) is 0 Å². The van der Waals surface area contributed by atoms with E-state index < -0.39 is 17.8 Å². The molecule has 1 aliphatic heterocycles.